The molecule has 2 rings (SSSR count). The lowest BCUT2D eigenvalue weighted by atomic mass is 9.98. The first-order chi connectivity index (χ1) is 11.3. The minimum Gasteiger partial charge on any atom is -0.493 e. The summed E-state index contributed by atoms with van der Waals surface area (Å²) >= 11 is 0. The summed E-state index contributed by atoms with van der Waals surface area (Å²) < 4.78 is 21.9. The second-order valence-corrected chi connectivity index (χ2v) is 6.56. The molecule has 0 radical (unpaired) electrons. The number of amides is 1. The molecule has 0 saturated carbocycles. The summed E-state index contributed by atoms with van der Waals surface area (Å²) in [6.45, 7) is 7.15. The third-order valence-electron chi connectivity index (χ3n) is 3.50. The van der Waals surface area contributed by atoms with Gasteiger partial charge in [0, 0.05) is 19.0 Å². The van der Waals surface area contributed by atoms with Crippen molar-refractivity contribution in [2.45, 2.75) is 32.3 Å². The van der Waals surface area contributed by atoms with Crippen LogP contribution >= 0.6 is 0 Å². The Labute approximate surface area is 142 Å². The van der Waals surface area contributed by atoms with Crippen LogP contribution in [0.15, 0.2) is 12.1 Å². The average molecular weight is 338 g/mol. The van der Waals surface area contributed by atoms with E-state index in [2.05, 4.69) is 5.32 Å². The van der Waals surface area contributed by atoms with E-state index in [1.165, 1.54) is 0 Å². The molecule has 1 aromatic rings. The van der Waals surface area contributed by atoms with Gasteiger partial charge in [-0.3, -0.25) is 0 Å². The number of benzene rings is 1. The van der Waals surface area contributed by atoms with Crippen molar-refractivity contribution in [3.8, 4) is 17.2 Å². The molecule has 0 saturated heterocycles. The SMILES string of the molecule is COc1cc(C(CN)CNC(=O)OC(C)(C)C)cc2c1OCCO2. The lowest BCUT2D eigenvalue weighted by Gasteiger charge is -2.24. The molecule has 1 atom stereocenters. The second kappa shape index (κ2) is 7.61. The molecule has 0 aliphatic carbocycles. The third kappa shape index (κ3) is 4.67. The van der Waals surface area contributed by atoms with Crippen LogP contribution in [0.2, 0.25) is 0 Å². The number of methoxy groups -OCH3 is 1. The van der Waals surface area contributed by atoms with Gasteiger partial charge in [-0.15, -0.1) is 0 Å². The molecule has 24 heavy (non-hydrogen) atoms. The minimum atomic E-state index is -0.539. The fourth-order valence-corrected chi connectivity index (χ4v) is 2.39. The van der Waals surface area contributed by atoms with Crippen LogP contribution < -0.4 is 25.3 Å². The predicted octanol–water partition coefficient (Wildman–Crippen LogP) is 2.03. The van der Waals surface area contributed by atoms with E-state index in [-0.39, 0.29) is 5.92 Å². The van der Waals surface area contributed by atoms with Gasteiger partial charge in [-0.1, -0.05) is 0 Å². The van der Waals surface area contributed by atoms with Crippen molar-refractivity contribution in [3.05, 3.63) is 17.7 Å². The Kier molecular flexibility index (Phi) is 5.77. The molecule has 0 fully saturated rings. The highest BCUT2D eigenvalue weighted by molar-refractivity contribution is 5.67. The van der Waals surface area contributed by atoms with Gasteiger partial charge in [0.1, 0.15) is 18.8 Å². The molecule has 0 bridgehead atoms. The summed E-state index contributed by atoms with van der Waals surface area (Å²) in [6, 6.07) is 3.74. The van der Waals surface area contributed by atoms with E-state index >= 15 is 0 Å². The maximum absolute atomic E-state index is 11.8. The zero-order valence-corrected chi connectivity index (χ0v) is 14.7. The topological polar surface area (TPSA) is 92.0 Å². The van der Waals surface area contributed by atoms with Gasteiger partial charge in [-0.25, -0.2) is 4.79 Å². The van der Waals surface area contributed by atoms with Gasteiger partial charge in [-0.05, 0) is 38.5 Å². The number of carbonyl (C=O) groups is 1. The van der Waals surface area contributed by atoms with E-state index < -0.39 is 11.7 Å². The fraction of sp³-hybridized carbons (Fsp3) is 0.588. The number of carbonyl (C=O) groups excluding carboxylic acids is 1. The molecule has 0 aromatic heterocycles. The summed E-state index contributed by atoms with van der Waals surface area (Å²) in [7, 11) is 1.58. The summed E-state index contributed by atoms with van der Waals surface area (Å²) in [5, 5.41) is 2.75. The lowest BCUT2D eigenvalue weighted by Crippen LogP contribution is -2.36. The maximum atomic E-state index is 11.8. The summed E-state index contributed by atoms with van der Waals surface area (Å²) in [6.07, 6.45) is -0.467. The van der Waals surface area contributed by atoms with Crippen molar-refractivity contribution >= 4 is 6.09 Å². The van der Waals surface area contributed by atoms with Gasteiger partial charge in [0.05, 0.1) is 7.11 Å². The van der Waals surface area contributed by atoms with Crippen molar-refractivity contribution in [1.82, 2.24) is 5.32 Å². The van der Waals surface area contributed by atoms with Gasteiger partial charge in [-0.2, -0.15) is 0 Å². The number of alkyl carbamates (subject to hydrolysis) is 1. The molecule has 0 spiro atoms. The molecular formula is C17H26N2O5. The monoisotopic (exact) mass is 338 g/mol. The standard InChI is InChI=1S/C17H26N2O5/c1-17(2,3)24-16(20)19-10-12(9-18)11-7-13(21-4)15-14(8-11)22-5-6-23-15/h7-8,12H,5-6,9-10,18H2,1-4H3,(H,19,20). The van der Waals surface area contributed by atoms with Gasteiger partial charge < -0.3 is 30.0 Å². The van der Waals surface area contributed by atoms with E-state index in [9.17, 15) is 4.79 Å². The predicted molar refractivity (Wildman–Crippen MR) is 90.0 cm³/mol. The van der Waals surface area contributed by atoms with Crippen molar-refractivity contribution < 1.29 is 23.7 Å². The minimum absolute atomic E-state index is 0.0951. The van der Waals surface area contributed by atoms with Crippen LogP contribution in [0, 0.1) is 0 Å². The maximum Gasteiger partial charge on any atom is 0.407 e. The Hall–Kier alpha value is -2.15. The Morgan fingerprint density at radius 1 is 1.33 bits per heavy atom. The molecule has 1 aliphatic heterocycles. The molecule has 1 aliphatic rings. The first-order valence-corrected chi connectivity index (χ1v) is 7.98. The number of nitrogens with two attached hydrogens (primary N) is 1. The molecule has 7 nitrogen and oxygen atoms in total. The van der Waals surface area contributed by atoms with Crippen molar-refractivity contribution in [2.24, 2.45) is 5.73 Å². The highest BCUT2D eigenvalue weighted by Crippen LogP contribution is 2.41. The normalized spacial score (nSPS) is 14.7. The molecule has 1 aromatic carbocycles. The number of rotatable bonds is 5. The largest absolute Gasteiger partial charge is 0.493 e. The number of ether oxygens (including phenoxy) is 4. The van der Waals surface area contributed by atoms with Crippen LogP contribution in [0.25, 0.3) is 0 Å². The van der Waals surface area contributed by atoms with Gasteiger partial charge in [0.15, 0.2) is 11.5 Å². The van der Waals surface area contributed by atoms with E-state index in [4.69, 9.17) is 24.7 Å². The van der Waals surface area contributed by atoms with Gasteiger partial charge >= 0.3 is 6.09 Å². The van der Waals surface area contributed by atoms with E-state index in [0.717, 1.165) is 5.56 Å². The zero-order chi connectivity index (χ0) is 17.7. The highest BCUT2D eigenvalue weighted by Gasteiger charge is 2.22. The molecule has 1 unspecified atom stereocenters. The summed E-state index contributed by atoms with van der Waals surface area (Å²) in [4.78, 5) is 11.8. The molecular weight excluding hydrogens is 312 g/mol. The van der Waals surface area contributed by atoms with Crippen LogP contribution in [-0.4, -0.2) is 45.1 Å². The first kappa shape index (κ1) is 18.2. The lowest BCUT2D eigenvalue weighted by molar-refractivity contribution is 0.0525. The van der Waals surface area contributed by atoms with Crippen molar-refractivity contribution in [3.63, 3.8) is 0 Å². The fourth-order valence-electron chi connectivity index (χ4n) is 2.39. The van der Waals surface area contributed by atoms with Crippen LogP contribution in [0.3, 0.4) is 0 Å². The van der Waals surface area contributed by atoms with Crippen LogP contribution in [-0.2, 0) is 4.74 Å². The van der Waals surface area contributed by atoms with E-state index in [1.807, 2.05) is 32.9 Å². The van der Waals surface area contributed by atoms with Gasteiger partial charge in [0.2, 0.25) is 5.75 Å². The summed E-state index contributed by atoms with van der Waals surface area (Å²) in [5.41, 5.74) is 6.25. The molecule has 134 valence electrons. The number of nitrogens with one attached hydrogen (secondary N) is 1. The van der Waals surface area contributed by atoms with Crippen LogP contribution in [0.4, 0.5) is 4.79 Å². The quantitative estimate of drug-likeness (QED) is 0.853. The molecule has 1 heterocycles. The smallest absolute Gasteiger partial charge is 0.407 e. The number of hydrogen-bond acceptors (Lipinski definition) is 6. The molecule has 7 heteroatoms. The Bertz CT molecular complexity index is 566. The molecule has 1 amide bonds. The first-order valence-electron chi connectivity index (χ1n) is 7.98. The number of fused-ring (bicyclic) bond motifs is 1. The third-order valence-corrected chi connectivity index (χ3v) is 3.50. The van der Waals surface area contributed by atoms with E-state index in [1.54, 1.807) is 7.11 Å². The van der Waals surface area contributed by atoms with Gasteiger partial charge in [0.25, 0.3) is 0 Å². The van der Waals surface area contributed by atoms with Crippen LogP contribution in [0.1, 0.15) is 32.3 Å². The van der Waals surface area contributed by atoms with Crippen molar-refractivity contribution in [1.29, 1.82) is 0 Å². The zero-order valence-electron chi connectivity index (χ0n) is 14.7. The van der Waals surface area contributed by atoms with Crippen LogP contribution in [0.5, 0.6) is 17.2 Å². The second-order valence-electron chi connectivity index (χ2n) is 6.56. The van der Waals surface area contributed by atoms with E-state index in [0.29, 0.717) is 43.6 Å². The van der Waals surface area contributed by atoms with Crippen molar-refractivity contribution in [2.75, 3.05) is 33.4 Å². The Morgan fingerprint density at radius 2 is 2.04 bits per heavy atom. The summed E-state index contributed by atoms with van der Waals surface area (Å²) in [5.74, 6) is 1.73. The Balaban J connectivity index is 2.11. The average Bonchev–Trinajstić information content (AvgIpc) is 2.53. The number of hydrogen-bond donors (Lipinski definition) is 2. The molecule has 3 N–H and O–H groups in total. The Morgan fingerprint density at radius 3 is 2.67 bits per heavy atom. The highest BCUT2D eigenvalue weighted by atomic mass is 16.6.